The standard InChI is InChI=1S/C17H24N2O2/c1-11(2)16(20)18-15-6-5-13-7-8-19(10-14(13)9-15)17(21)12(3)4/h5-6,9,11-12H,7-8,10H2,1-4H3,(H,18,20). The van der Waals surface area contributed by atoms with Gasteiger partial charge in [-0.25, -0.2) is 0 Å². The third-order valence-corrected chi connectivity index (χ3v) is 3.82. The van der Waals surface area contributed by atoms with E-state index in [9.17, 15) is 9.59 Å². The average Bonchev–Trinajstić information content (AvgIpc) is 2.45. The van der Waals surface area contributed by atoms with Gasteiger partial charge in [0.2, 0.25) is 11.8 Å². The number of amides is 2. The van der Waals surface area contributed by atoms with Crippen molar-refractivity contribution in [2.24, 2.45) is 11.8 Å². The van der Waals surface area contributed by atoms with Crippen molar-refractivity contribution < 1.29 is 9.59 Å². The Bertz CT molecular complexity index is 550. The van der Waals surface area contributed by atoms with Crippen LogP contribution in [0.15, 0.2) is 18.2 Å². The second-order valence-corrected chi connectivity index (χ2v) is 6.29. The van der Waals surface area contributed by atoms with Crippen molar-refractivity contribution in [1.29, 1.82) is 0 Å². The molecule has 1 aliphatic heterocycles. The lowest BCUT2D eigenvalue weighted by molar-refractivity contribution is -0.135. The number of carbonyl (C=O) groups excluding carboxylic acids is 2. The fourth-order valence-corrected chi connectivity index (χ4v) is 2.47. The smallest absolute Gasteiger partial charge is 0.226 e. The molecule has 0 atom stereocenters. The molecule has 1 aromatic rings. The van der Waals surface area contributed by atoms with E-state index in [1.807, 2.05) is 44.7 Å². The van der Waals surface area contributed by atoms with E-state index < -0.39 is 0 Å². The maximum Gasteiger partial charge on any atom is 0.226 e. The second kappa shape index (κ2) is 6.29. The SMILES string of the molecule is CC(C)C(=O)Nc1ccc2c(c1)CN(C(=O)C(C)C)CC2. The topological polar surface area (TPSA) is 49.4 Å². The molecule has 0 saturated heterocycles. The Morgan fingerprint density at radius 3 is 2.43 bits per heavy atom. The van der Waals surface area contributed by atoms with Gasteiger partial charge in [0.05, 0.1) is 0 Å². The number of fused-ring (bicyclic) bond motifs is 1. The van der Waals surface area contributed by atoms with Crippen LogP contribution >= 0.6 is 0 Å². The van der Waals surface area contributed by atoms with Gasteiger partial charge in [-0.15, -0.1) is 0 Å². The summed E-state index contributed by atoms with van der Waals surface area (Å²) in [5.74, 6) is 0.188. The fraction of sp³-hybridized carbons (Fsp3) is 0.529. The molecule has 1 aromatic carbocycles. The molecule has 1 aliphatic rings. The lowest BCUT2D eigenvalue weighted by Crippen LogP contribution is -2.38. The summed E-state index contributed by atoms with van der Waals surface area (Å²) in [7, 11) is 0. The van der Waals surface area contributed by atoms with Crippen LogP contribution in [0.4, 0.5) is 5.69 Å². The number of rotatable bonds is 3. The molecule has 0 saturated carbocycles. The first kappa shape index (κ1) is 15.5. The predicted molar refractivity (Wildman–Crippen MR) is 83.9 cm³/mol. The van der Waals surface area contributed by atoms with Gasteiger partial charge < -0.3 is 10.2 Å². The second-order valence-electron chi connectivity index (χ2n) is 6.29. The maximum absolute atomic E-state index is 12.1. The van der Waals surface area contributed by atoms with Gasteiger partial charge in [-0.1, -0.05) is 33.8 Å². The number of carbonyl (C=O) groups is 2. The van der Waals surface area contributed by atoms with Gasteiger partial charge in [0.25, 0.3) is 0 Å². The molecule has 0 aromatic heterocycles. The summed E-state index contributed by atoms with van der Waals surface area (Å²) in [6, 6.07) is 6.00. The van der Waals surface area contributed by atoms with Crippen molar-refractivity contribution in [3.05, 3.63) is 29.3 Å². The normalized spacial score (nSPS) is 14.3. The zero-order chi connectivity index (χ0) is 15.6. The molecule has 114 valence electrons. The van der Waals surface area contributed by atoms with Crippen LogP contribution in [0.2, 0.25) is 0 Å². The van der Waals surface area contributed by atoms with E-state index in [1.54, 1.807) is 0 Å². The fourth-order valence-electron chi connectivity index (χ4n) is 2.47. The predicted octanol–water partition coefficient (Wildman–Crippen LogP) is 2.82. The highest BCUT2D eigenvalue weighted by Gasteiger charge is 2.22. The highest BCUT2D eigenvalue weighted by Crippen LogP contribution is 2.24. The van der Waals surface area contributed by atoms with Gasteiger partial charge in [-0.2, -0.15) is 0 Å². The Labute approximate surface area is 126 Å². The molecule has 0 spiro atoms. The van der Waals surface area contributed by atoms with Gasteiger partial charge in [0.15, 0.2) is 0 Å². The summed E-state index contributed by atoms with van der Waals surface area (Å²) >= 11 is 0. The van der Waals surface area contributed by atoms with Crippen LogP contribution in [-0.2, 0) is 22.6 Å². The lowest BCUT2D eigenvalue weighted by Gasteiger charge is -2.30. The van der Waals surface area contributed by atoms with E-state index in [2.05, 4.69) is 11.4 Å². The van der Waals surface area contributed by atoms with Crippen LogP contribution in [0.3, 0.4) is 0 Å². The number of benzene rings is 1. The highest BCUT2D eigenvalue weighted by molar-refractivity contribution is 5.92. The van der Waals surface area contributed by atoms with E-state index in [0.717, 1.165) is 24.2 Å². The Kier molecular flexibility index (Phi) is 4.66. The molecular formula is C17H24N2O2. The summed E-state index contributed by atoms with van der Waals surface area (Å²) < 4.78 is 0. The maximum atomic E-state index is 12.1. The van der Waals surface area contributed by atoms with Crippen LogP contribution in [0.5, 0.6) is 0 Å². The Morgan fingerprint density at radius 1 is 1.10 bits per heavy atom. The van der Waals surface area contributed by atoms with Crippen LogP contribution in [-0.4, -0.2) is 23.3 Å². The zero-order valence-electron chi connectivity index (χ0n) is 13.3. The first-order valence-electron chi connectivity index (χ1n) is 7.60. The van der Waals surface area contributed by atoms with Crippen molar-refractivity contribution >= 4 is 17.5 Å². The van der Waals surface area contributed by atoms with Crippen molar-refractivity contribution in [2.75, 3.05) is 11.9 Å². The number of anilines is 1. The summed E-state index contributed by atoms with van der Waals surface area (Å²) in [6.07, 6.45) is 0.881. The van der Waals surface area contributed by atoms with Gasteiger partial charge in [-0.3, -0.25) is 9.59 Å². The Balaban J connectivity index is 2.14. The van der Waals surface area contributed by atoms with E-state index >= 15 is 0 Å². The van der Waals surface area contributed by atoms with Gasteiger partial charge in [0.1, 0.15) is 0 Å². The minimum atomic E-state index is -0.0416. The molecule has 0 fully saturated rings. The van der Waals surface area contributed by atoms with Gasteiger partial charge in [-0.05, 0) is 29.7 Å². The minimum Gasteiger partial charge on any atom is -0.338 e. The molecule has 1 N–H and O–H groups in total. The van der Waals surface area contributed by atoms with E-state index in [1.165, 1.54) is 5.56 Å². The Hall–Kier alpha value is -1.84. The zero-order valence-corrected chi connectivity index (χ0v) is 13.3. The van der Waals surface area contributed by atoms with E-state index in [0.29, 0.717) is 6.54 Å². The quantitative estimate of drug-likeness (QED) is 0.929. The number of hydrogen-bond donors (Lipinski definition) is 1. The van der Waals surface area contributed by atoms with Crippen LogP contribution in [0, 0.1) is 11.8 Å². The number of nitrogens with one attached hydrogen (secondary N) is 1. The molecule has 4 nitrogen and oxygen atoms in total. The Morgan fingerprint density at radius 2 is 1.81 bits per heavy atom. The molecule has 21 heavy (non-hydrogen) atoms. The summed E-state index contributed by atoms with van der Waals surface area (Å²) in [5, 5.41) is 2.92. The highest BCUT2D eigenvalue weighted by atomic mass is 16.2. The molecule has 0 unspecified atom stereocenters. The van der Waals surface area contributed by atoms with Crippen LogP contribution in [0.1, 0.15) is 38.8 Å². The molecule has 0 radical (unpaired) electrons. The third-order valence-electron chi connectivity index (χ3n) is 3.82. The van der Waals surface area contributed by atoms with E-state index in [-0.39, 0.29) is 23.7 Å². The summed E-state index contributed by atoms with van der Waals surface area (Å²) in [4.78, 5) is 25.8. The van der Waals surface area contributed by atoms with Crippen molar-refractivity contribution in [3.63, 3.8) is 0 Å². The van der Waals surface area contributed by atoms with Gasteiger partial charge in [0, 0.05) is 30.6 Å². The third kappa shape index (κ3) is 3.63. The molecule has 1 heterocycles. The molecule has 0 aliphatic carbocycles. The molecule has 2 rings (SSSR count). The molecule has 2 amide bonds. The van der Waals surface area contributed by atoms with Crippen LogP contribution < -0.4 is 5.32 Å². The first-order valence-corrected chi connectivity index (χ1v) is 7.60. The van der Waals surface area contributed by atoms with Gasteiger partial charge >= 0.3 is 0 Å². The summed E-state index contributed by atoms with van der Waals surface area (Å²) in [6.45, 7) is 9.02. The first-order chi connectivity index (χ1) is 9.88. The van der Waals surface area contributed by atoms with Crippen molar-refractivity contribution in [1.82, 2.24) is 4.90 Å². The monoisotopic (exact) mass is 288 g/mol. The molecular weight excluding hydrogens is 264 g/mol. The molecule has 0 bridgehead atoms. The lowest BCUT2D eigenvalue weighted by atomic mass is 9.98. The van der Waals surface area contributed by atoms with Crippen molar-refractivity contribution in [3.8, 4) is 0 Å². The average molecular weight is 288 g/mol. The number of nitrogens with zero attached hydrogens (tertiary/aromatic N) is 1. The largest absolute Gasteiger partial charge is 0.338 e. The van der Waals surface area contributed by atoms with Crippen molar-refractivity contribution in [2.45, 2.75) is 40.7 Å². The van der Waals surface area contributed by atoms with E-state index in [4.69, 9.17) is 0 Å². The minimum absolute atomic E-state index is 0.0147. The molecule has 4 heteroatoms. The summed E-state index contributed by atoms with van der Waals surface area (Å²) in [5.41, 5.74) is 3.22. The number of hydrogen-bond acceptors (Lipinski definition) is 2. The van der Waals surface area contributed by atoms with Crippen LogP contribution in [0.25, 0.3) is 0 Å².